The van der Waals surface area contributed by atoms with Crippen LogP contribution >= 0.6 is 11.3 Å². The van der Waals surface area contributed by atoms with Gasteiger partial charge in [-0.2, -0.15) is 5.10 Å². The van der Waals surface area contributed by atoms with Gasteiger partial charge in [-0.15, -0.1) is 11.3 Å². The highest BCUT2D eigenvalue weighted by atomic mass is 32.1. The van der Waals surface area contributed by atoms with E-state index in [0.717, 1.165) is 29.5 Å². The van der Waals surface area contributed by atoms with Gasteiger partial charge >= 0.3 is 5.69 Å². The Kier molecular flexibility index (Phi) is 5.40. The molecular weight excluding hydrogens is 432 g/mol. The van der Waals surface area contributed by atoms with Gasteiger partial charge in [-0.05, 0) is 50.0 Å². The van der Waals surface area contributed by atoms with Crippen molar-refractivity contribution < 1.29 is 9.72 Å². The lowest BCUT2D eigenvalue weighted by Gasteiger charge is -2.33. The highest BCUT2D eigenvalue weighted by molar-refractivity contribution is 7.18. The number of fused-ring (bicyclic) bond motifs is 3. The van der Waals surface area contributed by atoms with Crippen LogP contribution in [0.1, 0.15) is 60.9 Å². The summed E-state index contributed by atoms with van der Waals surface area (Å²) in [5, 5.41) is 15.8. The van der Waals surface area contributed by atoms with Crippen molar-refractivity contribution in [1.29, 1.82) is 0 Å². The Morgan fingerprint density at radius 2 is 2.12 bits per heavy atom. The largest absolute Gasteiger partial charge is 0.320 e. The molecule has 3 aromatic heterocycles. The lowest BCUT2D eigenvalue weighted by molar-refractivity contribution is -0.385. The molecule has 11 heteroatoms. The molecule has 1 amide bonds. The van der Waals surface area contributed by atoms with E-state index in [4.69, 9.17) is 0 Å². The number of rotatable bonds is 4. The van der Waals surface area contributed by atoms with Gasteiger partial charge in [0.05, 0.1) is 10.3 Å². The number of carbonyl (C=O) groups is 1. The Morgan fingerprint density at radius 1 is 1.41 bits per heavy atom. The topological polar surface area (TPSA) is 125 Å². The summed E-state index contributed by atoms with van der Waals surface area (Å²) in [7, 11) is 0. The zero-order valence-corrected chi connectivity index (χ0v) is 19.6. The first-order valence-electron chi connectivity index (χ1n) is 10.6. The zero-order valence-electron chi connectivity index (χ0n) is 18.8. The number of hydrogen-bond donors (Lipinski definition) is 1. The second kappa shape index (κ2) is 7.80. The molecule has 0 aromatic carbocycles. The molecule has 1 atom stereocenters. The molecule has 1 aliphatic rings. The van der Waals surface area contributed by atoms with E-state index in [9.17, 15) is 19.7 Å². The highest BCUT2D eigenvalue weighted by Crippen LogP contribution is 2.42. The third kappa shape index (κ3) is 3.70. The summed E-state index contributed by atoms with van der Waals surface area (Å²) in [6, 6.07) is 0. The maximum atomic E-state index is 13.4. The molecule has 0 saturated heterocycles. The van der Waals surface area contributed by atoms with Gasteiger partial charge in [0.2, 0.25) is 5.69 Å². The monoisotopic (exact) mass is 458 g/mol. The van der Waals surface area contributed by atoms with Crippen LogP contribution in [0.3, 0.4) is 0 Å². The summed E-state index contributed by atoms with van der Waals surface area (Å²) in [5.41, 5.74) is 2.54. The lowest BCUT2D eigenvalue weighted by Crippen LogP contribution is -2.36. The van der Waals surface area contributed by atoms with Gasteiger partial charge in [-0.25, -0.2) is 9.66 Å². The van der Waals surface area contributed by atoms with E-state index >= 15 is 0 Å². The van der Waals surface area contributed by atoms with Gasteiger partial charge < -0.3 is 0 Å². The van der Waals surface area contributed by atoms with Gasteiger partial charge in [0.25, 0.3) is 11.5 Å². The molecule has 32 heavy (non-hydrogen) atoms. The normalized spacial score (nSPS) is 16.2. The maximum Gasteiger partial charge on any atom is 0.320 e. The number of nitrogens with one attached hydrogen (secondary N) is 1. The third-order valence-electron chi connectivity index (χ3n) is 6.17. The number of nitrogens with zero attached hydrogens (tertiary/aromatic N) is 5. The van der Waals surface area contributed by atoms with E-state index in [1.54, 1.807) is 25.2 Å². The van der Waals surface area contributed by atoms with Crippen molar-refractivity contribution in [3.8, 4) is 0 Å². The van der Waals surface area contributed by atoms with Crippen LogP contribution < -0.4 is 11.0 Å². The number of carbonyl (C=O) groups excluding carboxylic acids is 1. The third-order valence-corrected chi connectivity index (χ3v) is 7.32. The van der Waals surface area contributed by atoms with E-state index in [1.165, 1.54) is 15.8 Å². The van der Waals surface area contributed by atoms with Crippen molar-refractivity contribution in [1.82, 2.24) is 19.4 Å². The van der Waals surface area contributed by atoms with Gasteiger partial charge in [-0.1, -0.05) is 20.8 Å². The molecule has 0 unspecified atom stereocenters. The Balaban J connectivity index is 1.74. The predicted molar refractivity (Wildman–Crippen MR) is 122 cm³/mol. The summed E-state index contributed by atoms with van der Waals surface area (Å²) in [5.74, 6) is 0.00635. The minimum absolute atomic E-state index is 0.183. The van der Waals surface area contributed by atoms with Gasteiger partial charge in [0.1, 0.15) is 16.9 Å². The quantitative estimate of drug-likeness (QED) is 0.472. The van der Waals surface area contributed by atoms with Crippen LogP contribution in [0.25, 0.3) is 10.2 Å². The van der Waals surface area contributed by atoms with E-state index in [1.807, 2.05) is 0 Å². The minimum Gasteiger partial charge on any atom is -0.267 e. The molecular formula is C21H26N6O4S. The fraction of sp³-hybridized carbons (Fsp3) is 0.524. The smallest absolute Gasteiger partial charge is 0.267 e. The number of nitro groups is 1. The van der Waals surface area contributed by atoms with E-state index in [0.29, 0.717) is 28.5 Å². The van der Waals surface area contributed by atoms with Crippen LogP contribution in [0.5, 0.6) is 0 Å². The van der Waals surface area contributed by atoms with Crippen molar-refractivity contribution in [2.24, 2.45) is 11.3 Å². The average Bonchev–Trinajstić information content (AvgIpc) is 3.31. The Bertz CT molecular complexity index is 1300. The van der Waals surface area contributed by atoms with Gasteiger partial charge in [0, 0.05) is 11.4 Å². The summed E-state index contributed by atoms with van der Waals surface area (Å²) in [6.07, 6.45) is 3.89. The molecule has 3 aromatic rings. The van der Waals surface area contributed by atoms with Crippen molar-refractivity contribution in [2.45, 2.75) is 60.4 Å². The van der Waals surface area contributed by atoms with Crippen LogP contribution in [0.4, 0.5) is 5.69 Å². The second-order valence-corrected chi connectivity index (χ2v) is 10.3. The fourth-order valence-corrected chi connectivity index (χ4v) is 5.56. The summed E-state index contributed by atoms with van der Waals surface area (Å²) < 4.78 is 2.38. The molecule has 4 rings (SSSR count). The van der Waals surface area contributed by atoms with Crippen LogP contribution in [0.15, 0.2) is 11.0 Å². The van der Waals surface area contributed by atoms with Crippen molar-refractivity contribution in [3.05, 3.63) is 48.6 Å². The molecule has 0 spiro atoms. The van der Waals surface area contributed by atoms with Crippen molar-refractivity contribution >= 4 is 33.1 Å². The van der Waals surface area contributed by atoms with Gasteiger partial charge in [-0.3, -0.25) is 29.8 Å². The van der Waals surface area contributed by atoms with Crippen LogP contribution in [-0.2, 0) is 19.4 Å². The molecule has 3 heterocycles. The van der Waals surface area contributed by atoms with Crippen molar-refractivity contribution in [2.75, 3.05) is 5.43 Å². The number of amides is 1. The van der Waals surface area contributed by atoms with E-state index < -0.39 is 16.5 Å². The molecule has 1 aliphatic carbocycles. The summed E-state index contributed by atoms with van der Waals surface area (Å²) in [4.78, 5) is 43.3. The first kappa shape index (κ1) is 22.1. The van der Waals surface area contributed by atoms with E-state index in [-0.39, 0.29) is 16.7 Å². The zero-order chi connectivity index (χ0) is 23.4. The molecule has 10 nitrogen and oxygen atoms in total. The molecule has 170 valence electrons. The number of thiophene rings is 1. The standard InChI is InChI=1S/C21H26N6O4S/c1-6-25-10-14(27(30)31)17(23-25)18(28)24-26-11(2)22-19-16(20(26)29)13-8-7-12(21(3,4)5)9-15(13)32-19/h10,12H,6-9H2,1-5H3,(H,24,28)/t12-/m1/s1. The van der Waals surface area contributed by atoms with E-state index in [2.05, 4.69) is 36.3 Å². The SMILES string of the molecule is CCn1cc([N+](=O)[O-])c(C(=O)Nn2c(C)nc3sc4c(c3c2=O)CC[C@@H](C(C)(C)C)C4)n1. The average molecular weight is 459 g/mol. The lowest BCUT2D eigenvalue weighted by atomic mass is 9.72. The van der Waals surface area contributed by atoms with Crippen molar-refractivity contribution in [3.63, 3.8) is 0 Å². The highest BCUT2D eigenvalue weighted by Gasteiger charge is 2.32. The summed E-state index contributed by atoms with van der Waals surface area (Å²) >= 11 is 1.54. The van der Waals surface area contributed by atoms with Gasteiger partial charge in [0.15, 0.2) is 0 Å². The molecule has 0 aliphatic heterocycles. The molecule has 0 saturated carbocycles. The number of aromatic nitrogens is 4. The maximum absolute atomic E-state index is 13.4. The van der Waals surface area contributed by atoms with Crippen LogP contribution in [-0.4, -0.2) is 30.3 Å². The Labute approximate surface area is 188 Å². The first-order valence-corrected chi connectivity index (χ1v) is 11.4. The van der Waals surface area contributed by atoms with Crippen LogP contribution in [0.2, 0.25) is 0 Å². The molecule has 0 radical (unpaired) electrons. The summed E-state index contributed by atoms with van der Waals surface area (Å²) in [6.45, 7) is 10.5. The first-order chi connectivity index (χ1) is 15.0. The molecule has 0 fully saturated rings. The fourth-order valence-electron chi connectivity index (χ4n) is 4.22. The predicted octanol–water partition coefficient (Wildman–Crippen LogP) is 3.43. The minimum atomic E-state index is -0.827. The second-order valence-electron chi connectivity index (χ2n) is 9.21. The Hall–Kier alpha value is -3.08. The Morgan fingerprint density at radius 3 is 2.75 bits per heavy atom. The number of hydrogen-bond acceptors (Lipinski definition) is 7. The molecule has 1 N–H and O–H groups in total. The number of aryl methyl sites for hydroxylation is 3. The van der Waals surface area contributed by atoms with Crippen LogP contribution in [0, 0.1) is 28.4 Å². The molecule has 0 bridgehead atoms.